The zero-order chi connectivity index (χ0) is 15.8. The molecule has 0 fully saturated rings. The molecule has 3 N–H and O–H groups in total. The van der Waals surface area contributed by atoms with E-state index >= 15 is 0 Å². The summed E-state index contributed by atoms with van der Waals surface area (Å²) in [6.45, 7) is -0.868. The van der Waals surface area contributed by atoms with Crippen LogP contribution in [0.1, 0.15) is 12.0 Å². The zero-order valence-electron chi connectivity index (χ0n) is 11.0. The monoisotopic (exact) mass is 300 g/mol. The predicted octanol–water partition coefficient (Wildman–Crippen LogP) is 0.214. The summed E-state index contributed by atoms with van der Waals surface area (Å²) in [6, 6.07) is 3.34. The predicted molar refractivity (Wildman–Crippen MR) is 68.3 cm³/mol. The Morgan fingerprint density at radius 3 is 2.29 bits per heavy atom. The molecule has 114 valence electrons. The van der Waals surface area contributed by atoms with Crippen molar-refractivity contribution >= 4 is 17.8 Å². The summed E-state index contributed by atoms with van der Waals surface area (Å²) in [5.74, 6) is -4.21. The Morgan fingerprint density at radius 2 is 1.67 bits per heavy atom. The lowest BCUT2D eigenvalue weighted by Crippen LogP contribution is -2.39. The summed E-state index contributed by atoms with van der Waals surface area (Å²) >= 11 is 0. The number of carboxylic acid groups (broad SMARTS) is 1. The highest BCUT2D eigenvalue weighted by atomic mass is 19.2. The van der Waals surface area contributed by atoms with Gasteiger partial charge in [-0.3, -0.25) is 14.4 Å². The van der Waals surface area contributed by atoms with Gasteiger partial charge in [-0.15, -0.1) is 0 Å². The van der Waals surface area contributed by atoms with E-state index in [-0.39, 0.29) is 19.4 Å². The maximum Gasteiger partial charge on any atom is 0.322 e. The molecule has 0 heterocycles. The number of benzene rings is 1. The number of amides is 2. The summed E-state index contributed by atoms with van der Waals surface area (Å²) in [7, 11) is 0. The van der Waals surface area contributed by atoms with Crippen LogP contribution in [0.2, 0.25) is 0 Å². The average Bonchev–Trinajstić information content (AvgIpc) is 2.44. The van der Waals surface area contributed by atoms with Crippen LogP contribution >= 0.6 is 0 Å². The van der Waals surface area contributed by atoms with Crippen LogP contribution in [-0.4, -0.2) is 36.0 Å². The standard InChI is InChI=1S/C13H14F2N2O4/c14-9-3-1-8(5-10(9)15)2-4-11(18)16-6-12(19)17-7-13(20)21/h1,3,5H,2,4,6-7H2,(H,16,18)(H,17,19)(H,20,21). The SMILES string of the molecule is O=C(O)CNC(=O)CNC(=O)CCc1ccc(F)c(F)c1. The first-order valence-electron chi connectivity index (χ1n) is 6.07. The lowest BCUT2D eigenvalue weighted by Gasteiger charge is -2.06. The van der Waals surface area contributed by atoms with Crippen molar-refractivity contribution in [1.82, 2.24) is 10.6 Å². The maximum atomic E-state index is 12.9. The van der Waals surface area contributed by atoms with Crippen molar-refractivity contribution in [3.8, 4) is 0 Å². The van der Waals surface area contributed by atoms with Gasteiger partial charge in [-0.05, 0) is 24.1 Å². The van der Waals surface area contributed by atoms with Gasteiger partial charge in [-0.2, -0.15) is 0 Å². The number of hydrogen-bond donors (Lipinski definition) is 3. The second-order valence-corrected chi connectivity index (χ2v) is 4.20. The Morgan fingerprint density at radius 1 is 1.00 bits per heavy atom. The fourth-order valence-electron chi connectivity index (χ4n) is 1.46. The van der Waals surface area contributed by atoms with Crippen LogP contribution in [0.5, 0.6) is 0 Å². The summed E-state index contributed by atoms with van der Waals surface area (Å²) < 4.78 is 25.6. The number of aliphatic carboxylic acids is 1. The molecule has 0 atom stereocenters. The highest BCUT2D eigenvalue weighted by Crippen LogP contribution is 2.10. The van der Waals surface area contributed by atoms with Crippen LogP contribution in [0.3, 0.4) is 0 Å². The largest absolute Gasteiger partial charge is 0.480 e. The van der Waals surface area contributed by atoms with E-state index in [2.05, 4.69) is 10.6 Å². The molecule has 0 spiro atoms. The van der Waals surface area contributed by atoms with Crippen LogP contribution in [0.15, 0.2) is 18.2 Å². The molecule has 0 aliphatic rings. The van der Waals surface area contributed by atoms with Gasteiger partial charge < -0.3 is 15.7 Å². The lowest BCUT2D eigenvalue weighted by molar-refractivity contribution is -0.137. The number of rotatable bonds is 7. The Labute approximate surface area is 119 Å². The number of nitrogens with one attached hydrogen (secondary N) is 2. The molecule has 6 nitrogen and oxygen atoms in total. The van der Waals surface area contributed by atoms with Gasteiger partial charge in [-0.25, -0.2) is 8.78 Å². The minimum Gasteiger partial charge on any atom is -0.480 e. The normalized spacial score (nSPS) is 10.0. The van der Waals surface area contributed by atoms with E-state index in [0.717, 1.165) is 12.1 Å². The topological polar surface area (TPSA) is 95.5 Å². The maximum absolute atomic E-state index is 12.9. The number of carbonyl (C=O) groups excluding carboxylic acids is 2. The van der Waals surface area contributed by atoms with E-state index in [0.29, 0.717) is 5.56 Å². The molecule has 0 bridgehead atoms. The molecule has 2 amide bonds. The van der Waals surface area contributed by atoms with Crippen LogP contribution in [-0.2, 0) is 20.8 Å². The molecule has 0 aliphatic heterocycles. The smallest absolute Gasteiger partial charge is 0.322 e. The molecule has 0 saturated heterocycles. The summed E-state index contributed by atoms with van der Waals surface area (Å²) in [6.07, 6.45) is 0.192. The number of aryl methyl sites for hydroxylation is 1. The van der Waals surface area contributed by atoms with Gasteiger partial charge in [0.1, 0.15) is 6.54 Å². The second-order valence-electron chi connectivity index (χ2n) is 4.20. The summed E-state index contributed by atoms with van der Waals surface area (Å²) in [4.78, 5) is 32.8. The van der Waals surface area contributed by atoms with Gasteiger partial charge in [-0.1, -0.05) is 6.07 Å². The van der Waals surface area contributed by atoms with Crippen molar-refractivity contribution in [2.75, 3.05) is 13.1 Å². The molecular formula is C13H14F2N2O4. The first kappa shape index (κ1) is 16.5. The third-order valence-electron chi connectivity index (χ3n) is 2.51. The van der Waals surface area contributed by atoms with E-state index in [9.17, 15) is 23.2 Å². The minimum absolute atomic E-state index is 0.00270. The summed E-state index contributed by atoms with van der Waals surface area (Å²) in [5.41, 5.74) is 0.458. The second kappa shape index (κ2) is 7.93. The third kappa shape index (κ3) is 6.46. The quantitative estimate of drug-likeness (QED) is 0.671. The van der Waals surface area contributed by atoms with Crippen molar-refractivity contribution < 1.29 is 28.3 Å². The fraction of sp³-hybridized carbons (Fsp3) is 0.308. The molecule has 21 heavy (non-hydrogen) atoms. The van der Waals surface area contributed by atoms with E-state index in [4.69, 9.17) is 5.11 Å². The van der Waals surface area contributed by atoms with Crippen LogP contribution < -0.4 is 10.6 Å². The Hall–Kier alpha value is -2.51. The van der Waals surface area contributed by atoms with Crippen molar-refractivity contribution in [3.05, 3.63) is 35.4 Å². The first-order valence-corrected chi connectivity index (χ1v) is 6.07. The van der Waals surface area contributed by atoms with Gasteiger partial charge in [0.15, 0.2) is 11.6 Å². The molecule has 1 aromatic carbocycles. The fourth-order valence-corrected chi connectivity index (χ4v) is 1.46. The number of carbonyl (C=O) groups is 3. The molecule has 0 radical (unpaired) electrons. The van der Waals surface area contributed by atoms with Gasteiger partial charge in [0, 0.05) is 6.42 Å². The Kier molecular flexibility index (Phi) is 6.25. The highest BCUT2D eigenvalue weighted by Gasteiger charge is 2.08. The van der Waals surface area contributed by atoms with Crippen LogP contribution in [0, 0.1) is 11.6 Å². The summed E-state index contributed by atoms with van der Waals surface area (Å²) in [5, 5.41) is 12.7. The molecule has 8 heteroatoms. The molecular weight excluding hydrogens is 286 g/mol. The Bertz CT molecular complexity index is 549. The lowest BCUT2D eigenvalue weighted by atomic mass is 10.1. The number of carboxylic acids is 1. The molecule has 0 aromatic heterocycles. The van der Waals surface area contributed by atoms with Gasteiger partial charge >= 0.3 is 5.97 Å². The number of halogens is 2. The van der Waals surface area contributed by atoms with Gasteiger partial charge in [0.25, 0.3) is 0 Å². The molecule has 0 aliphatic carbocycles. The Balaban J connectivity index is 2.29. The number of hydrogen-bond acceptors (Lipinski definition) is 3. The van der Waals surface area contributed by atoms with Crippen molar-refractivity contribution in [2.24, 2.45) is 0 Å². The highest BCUT2D eigenvalue weighted by molar-refractivity contribution is 5.86. The van der Waals surface area contributed by atoms with E-state index < -0.39 is 36.0 Å². The van der Waals surface area contributed by atoms with Crippen molar-refractivity contribution in [1.29, 1.82) is 0 Å². The van der Waals surface area contributed by atoms with E-state index in [1.54, 1.807) is 0 Å². The average molecular weight is 300 g/mol. The molecule has 0 unspecified atom stereocenters. The van der Waals surface area contributed by atoms with E-state index in [1.165, 1.54) is 6.07 Å². The van der Waals surface area contributed by atoms with Crippen molar-refractivity contribution in [2.45, 2.75) is 12.8 Å². The van der Waals surface area contributed by atoms with Gasteiger partial charge in [0.05, 0.1) is 6.54 Å². The molecule has 1 rings (SSSR count). The third-order valence-corrected chi connectivity index (χ3v) is 2.51. The zero-order valence-corrected chi connectivity index (χ0v) is 11.0. The van der Waals surface area contributed by atoms with E-state index in [1.807, 2.05) is 0 Å². The molecule has 0 saturated carbocycles. The first-order chi connectivity index (χ1) is 9.88. The molecule has 1 aromatic rings. The van der Waals surface area contributed by atoms with Crippen molar-refractivity contribution in [3.63, 3.8) is 0 Å². The van der Waals surface area contributed by atoms with Crippen LogP contribution in [0.25, 0.3) is 0 Å². The van der Waals surface area contributed by atoms with Crippen LogP contribution in [0.4, 0.5) is 8.78 Å². The van der Waals surface area contributed by atoms with Gasteiger partial charge in [0.2, 0.25) is 11.8 Å². The minimum atomic E-state index is -1.19.